The highest BCUT2D eigenvalue weighted by atomic mass is 32.1. The average Bonchev–Trinajstić information content (AvgIpc) is 3.39. The van der Waals surface area contributed by atoms with Crippen molar-refractivity contribution >= 4 is 23.2 Å². The molecule has 2 aromatic carbocycles. The zero-order chi connectivity index (χ0) is 25.5. The Morgan fingerprint density at radius 2 is 1.83 bits per heavy atom. The topological polar surface area (TPSA) is 68.3 Å². The second-order valence-corrected chi connectivity index (χ2v) is 9.34. The summed E-state index contributed by atoms with van der Waals surface area (Å²) in [6.07, 6.45) is 0.744. The summed E-state index contributed by atoms with van der Waals surface area (Å²) >= 11 is 1.67. The Labute approximate surface area is 214 Å². The number of hydrogen-bond donors (Lipinski definition) is 0. The van der Waals surface area contributed by atoms with Crippen molar-refractivity contribution in [2.45, 2.75) is 12.5 Å². The van der Waals surface area contributed by atoms with Crippen molar-refractivity contribution in [2.75, 3.05) is 47.1 Å². The zero-order valence-corrected chi connectivity index (χ0v) is 21.1. The molecule has 1 aliphatic heterocycles. The number of rotatable bonds is 10. The van der Waals surface area contributed by atoms with E-state index in [1.165, 1.54) is 41.2 Å². The summed E-state index contributed by atoms with van der Waals surface area (Å²) in [6.45, 7) is 1.16. The van der Waals surface area contributed by atoms with Crippen LogP contribution in [0.4, 0.5) is 4.39 Å². The molecule has 9 heteroatoms. The highest BCUT2D eigenvalue weighted by molar-refractivity contribution is 7.10. The summed E-state index contributed by atoms with van der Waals surface area (Å²) in [5, 5.41) is 2.03. The minimum atomic E-state index is -0.427. The molecule has 1 aromatic heterocycles. The molecule has 2 amide bonds. The van der Waals surface area contributed by atoms with E-state index < -0.39 is 5.82 Å². The Morgan fingerprint density at radius 3 is 2.56 bits per heavy atom. The lowest BCUT2D eigenvalue weighted by Crippen LogP contribution is -2.48. The molecule has 0 spiro atoms. The molecular formula is C27H29FN2O5S. The molecular weight excluding hydrogens is 483 g/mol. The molecule has 0 fully saturated rings. The van der Waals surface area contributed by atoms with Gasteiger partial charge in [-0.25, -0.2) is 4.39 Å². The van der Waals surface area contributed by atoms with Gasteiger partial charge in [0.2, 0.25) is 5.91 Å². The Balaban J connectivity index is 1.53. The predicted molar refractivity (Wildman–Crippen MR) is 135 cm³/mol. The van der Waals surface area contributed by atoms with Gasteiger partial charge in [-0.05, 0) is 59.8 Å². The number of ether oxygens (including phenoxy) is 3. The van der Waals surface area contributed by atoms with Gasteiger partial charge in [-0.1, -0.05) is 12.1 Å². The van der Waals surface area contributed by atoms with Crippen LogP contribution in [0.2, 0.25) is 0 Å². The van der Waals surface area contributed by atoms with Crippen molar-refractivity contribution in [1.82, 2.24) is 9.80 Å². The molecule has 36 heavy (non-hydrogen) atoms. The normalized spacial score (nSPS) is 14.8. The van der Waals surface area contributed by atoms with Crippen LogP contribution in [-0.2, 0) is 16.0 Å². The minimum absolute atomic E-state index is 0.121. The van der Waals surface area contributed by atoms with Crippen LogP contribution < -0.4 is 9.47 Å². The van der Waals surface area contributed by atoms with Gasteiger partial charge in [0.1, 0.15) is 19.0 Å². The maximum Gasteiger partial charge on any atom is 0.254 e. The van der Waals surface area contributed by atoms with Crippen LogP contribution in [-0.4, -0.2) is 68.7 Å². The van der Waals surface area contributed by atoms with E-state index in [1.807, 2.05) is 35.7 Å². The first kappa shape index (κ1) is 25.7. The predicted octanol–water partition coefficient (Wildman–Crippen LogP) is 4.19. The van der Waals surface area contributed by atoms with Crippen LogP contribution in [0.1, 0.15) is 26.8 Å². The SMILES string of the molecule is COCCN(CC(=O)N1CCc2sccc2[C@H]1COc1ccccc1OC)C(=O)c1ccc(F)cc1. The van der Waals surface area contributed by atoms with Crippen LogP contribution in [0, 0.1) is 5.82 Å². The largest absolute Gasteiger partial charge is 0.493 e. The van der Waals surface area contributed by atoms with Gasteiger partial charge >= 0.3 is 0 Å². The van der Waals surface area contributed by atoms with Crippen molar-refractivity contribution < 1.29 is 28.2 Å². The van der Waals surface area contributed by atoms with E-state index in [9.17, 15) is 14.0 Å². The number of benzene rings is 2. The molecule has 3 aromatic rings. The molecule has 1 atom stereocenters. The quantitative estimate of drug-likeness (QED) is 0.408. The fourth-order valence-electron chi connectivity index (χ4n) is 4.26. The second kappa shape index (κ2) is 12.0. The van der Waals surface area contributed by atoms with Gasteiger partial charge in [0.05, 0.1) is 19.8 Å². The Morgan fingerprint density at radius 1 is 1.08 bits per heavy atom. The number of carbonyl (C=O) groups excluding carboxylic acids is 2. The third kappa shape index (κ3) is 5.85. The number of carbonyl (C=O) groups is 2. The van der Waals surface area contributed by atoms with Gasteiger partial charge < -0.3 is 24.0 Å². The molecule has 0 saturated carbocycles. The first-order chi connectivity index (χ1) is 17.5. The van der Waals surface area contributed by atoms with Gasteiger partial charge in [0, 0.05) is 30.6 Å². The van der Waals surface area contributed by atoms with E-state index in [0.717, 1.165) is 12.0 Å². The monoisotopic (exact) mass is 512 g/mol. The van der Waals surface area contributed by atoms with Crippen LogP contribution >= 0.6 is 11.3 Å². The zero-order valence-electron chi connectivity index (χ0n) is 20.3. The fourth-order valence-corrected chi connectivity index (χ4v) is 5.19. The number of halogens is 1. The molecule has 0 radical (unpaired) electrons. The van der Waals surface area contributed by atoms with E-state index in [0.29, 0.717) is 23.6 Å². The molecule has 0 bridgehead atoms. The van der Waals surface area contributed by atoms with Crippen molar-refractivity contribution in [2.24, 2.45) is 0 Å². The lowest BCUT2D eigenvalue weighted by Gasteiger charge is -2.37. The highest BCUT2D eigenvalue weighted by Crippen LogP contribution is 2.35. The molecule has 2 heterocycles. The summed E-state index contributed by atoms with van der Waals surface area (Å²) in [4.78, 5) is 31.2. The third-order valence-corrected chi connectivity index (χ3v) is 7.15. The Kier molecular flexibility index (Phi) is 8.56. The maximum absolute atomic E-state index is 13.6. The van der Waals surface area contributed by atoms with Crippen LogP contribution in [0.5, 0.6) is 11.5 Å². The maximum atomic E-state index is 13.6. The Hall–Kier alpha value is -3.43. The molecule has 0 N–H and O–H groups in total. The van der Waals surface area contributed by atoms with E-state index in [4.69, 9.17) is 14.2 Å². The highest BCUT2D eigenvalue weighted by Gasteiger charge is 2.33. The average molecular weight is 513 g/mol. The molecule has 7 nitrogen and oxygen atoms in total. The number of fused-ring (bicyclic) bond motifs is 1. The van der Waals surface area contributed by atoms with E-state index in [1.54, 1.807) is 23.3 Å². The van der Waals surface area contributed by atoms with Gasteiger partial charge in [-0.15, -0.1) is 11.3 Å². The van der Waals surface area contributed by atoms with Crippen molar-refractivity contribution in [3.63, 3.8) is 0 Å². The first-order valence-electron chi connectivity index (χ1n) is 11.7. The summed E-state index contributed by atoms with van der Waals surface area (Å²) in [7, 11) is 3.12. The number of hydrogen-bond acceptors (Lipinski definition) is 6. The summed E-state index contributed by atoms with van der Waals surface area (Å²) in [5.74, 6) is 0.252. The molecule has 0 aliphatic carbocycles. The smallest absolute Gasteiger partial charge is 0.254 e. The Bertz CT molecular complexity index is 1180. The summed E-state index contributed by atoms with van der Waals surface area (Å²) in [5.41, 5.74) is 1.37. The molecule has 4 rings (SSSR count). The van der Waals surface area contributed by atoms with Crippen LogP contribution in [0.15, 0.2) is 60.0 Å². The van der Waals surface area contributed by atoms with E-state index >= 15 is 0 Å². The number of para-hydroxylation sites is 2. The van der Waals surface area contributed by atoms with Gasteiger partial charge in [0.25, 0.3) is 5.91 Å². The fraction of sp³-hybridized carbons (Fsp3) is 0.333. The lowest BCUT2D eigenvalue weighted by atomic mass is 10.0. The number of nitrogens with zero attached hydrogens (tertiary/aromatic N) is 2. The molecule has 0 saturated heterocycles. The number of thiophene rings is 1. The standard InChI is InChI=1S/C27H29FN2O5S/c1-33-15-14-29(27(32)19-7-9-20(28)10-8-19)17-26(31)30-13-11-25-21(12-16-36-25)22(30)18-35-24-6-4-3-5-23(24)34-2/h3-10,12,16,22H,11,13-15,17-18H2,1-2H3/t22-/m1/s1. The molecule has 1 aliphatic rings. The van der Waals surface area contributed by atoms with Crippen LogP contribution in [0.25, 0.3) is 0 Å². The first-order valence-corrected chi connectivity index (χ1v) is 12.5. The van der Waals surface area contributed by atoms with Crippen molar-refractivity contribution in [3.05, 3.63) is 81.8 Å². The van der Waals surface area contributed by atoms with Crippen molar-refractivity contribution in [1.29, 1.82) is 0 Å². The number of amides is 2. The third-order valence-electron chi connectivity index (χ3n) is 6.15. The van der Waals surface area contributed by atoms with E-state index in [2.05, 4.69) is 0 Å². The van der Waals surface area contributed by atoms with Gasteiger partial charge in [-0.3, -0.25) is 9.59 Å². The van der Waals surface area contributed by atoms with Crippen LogP contribution in [0.3, 0.4) is 0 Å². The number of methoxy groups -OCH3 is 2. The van der Waals surface area contributed by atoms with Gasteiger partial charge in [-0.2, -0.15) is 0 Å². The van der Waals surface area contributed by atoms with Gasteiger partial charge in [0.15, 0.2) is 11.5 Å². The van der Waals surface area contributed by atoms with E-state index in [-0.39, 0.29) is 44.2 Å². The summed E-state index contributed by atoms with van der Waals surface area (Å²) < 4.78 is 30.0. The van der Waals surface area contributed by atoms with Crippen molar-refractivity contribution in [3.8, 4) is 11.5 Å². The lowest BCUT2D eigenvalue weighted by molar-refractivity contribution is -0.135. The second-order valence-electron chi connectivity index (χ2n) is 8.34. The summed E-state index contributed by atoms with van der Waals surface area (Å²) in [6, 6.07) is 14.4. The molecule has 0 unspecified atom stereocenters. The minimum Gasteiger partial charge on any atom is -0.493 e. The molecule has 190 valence electrons.